The third-order valence-electron chi connectivity index (χ3n) is 2.71. The lowest BCUT2D eigenvalue weighted by molar-refractivity contribution is -0.130. The second-order valence-corrected chi connectivity index (χ2v) is 4.50. The number of carbonyl (C=O) groups excluding carboxylic acids is 2. The summed E-state index contributed by atoms with van der Waals surface area (Å²) in [5, 5.41) is 0. The summed E-state index contributed by atoms with van der Waals surface area (Å²) in [6, 6.07) is 0. The maximum absolute atomic E-state index is 11.7. The molecule has 1 aliphatic rings. The molecule has 18 heavy (non-hydrogen) atoms. The largest absolute Gasteiger partial charge is 0.351 e. The van der Waals surface area contributed by atoms with Crippen molar-refractivity contribution in [3.05, 3.63) is 24.3 Å². The molecule has 1 aliphatic heterocycles. The summed E-state index contributed by atoms with van der Waals surface area (Å²) in [4.78, 5) is 24.6. The second-order valence-electron chi connectivity index (χ2n) is 4.50. The Kier molecular flexibility index (Phi) is 5.78. The molecule has 100 valence electrons. The van der Waals surface area contributed by atoms with E-state index in [9.17, 15) is 9.59 Å². The molecule has 0 spiro atoms. The van der Waals surface area contributed by atoms with Crippen LogP contribution in [0.15, 0.2) is 24.3 Å². The van der Waals surface area contributed by atoms with Crippen LogP contribution < -0.4 is 0 Å². The average molecular weight is 251 g/mol. The number of carbonyl (C=O) groups is 2. The molecule has 1 fully saturated rings. The highest BCUT2D eigenvalue weighted by Crippen LogP contribution is 2.25. The Morgan fingerprint density at radius 3 is 2.39 bits per heavy atom. The number of epoxide rings is 1. The molecule has 0 N–H and O–H groups in total. The molecule has 0 bridgehead atoms. The maximum Gasteiger partial charge on any atom is 0.254 e. The van der Waals surface area contributed by atoms with Crippen molar-refractivity contribution in [1.82, 2.24) is 4.90 Å². The molecule has 1 rings (SSSR count). The van der Waals surface area contributed by atoms with Crippen molar-refractivity contribution >= 4 is 11.7 Å². The van der Waals surface area contributed by atoms with Gasteiger partial charge in [-0.25, -0.2) is 0 Å². The van der Waals surface area contributed by atoms with Gasteiger partial charge in [0.2, 0.25) is 0 Å². The van der Waals surface area contributed by atoms with E-state index < -0.39 is 12.2 Å². The Balaban J connectivity index is 2.21. The van der Waals surface area contributed by atoms with Crippen LogP contribution in [0, 0.1) is 0 Å². The van der Waals surface area contributed by atoms with Crippen LogP contribution in [0.1, 0.15) is 26.2 Å². The normalized spacial score (nSPS) is 22.6. The van der Waals surface area contributed by atoms with E-state index in [1.54, 1.807) is 14.1 Å². The summed E-state index contributed by atoms with van der Waals surface area (Å²) in [5.74, 6) is -0.150. The van der Waals surface area contributed by atoms with Crippen molar-refractivity contribution in [2.45, 2.75) is 38.4 Å². The van der Waals surface area contributed by atoms with E-state index in [1.165, 1.54) is 4.90 Å². The molecule has 4 heteroatoms. The Labute approximate surface area is 108 Å². The van der Waals surface area contributed by atoms with E-state index in [0.717, 1.165) is 12.8 Å². The van der Waals surface area contributed by atoms with E-state index in [4.69, 9.17) is 4.74 Å². The van der Waals surface area contributed by atoms with Gasteiger partial charge >= 0.3 is 0 Å². The number of ketones is 1. The van der Waals surface area contributed by atoms with Crippen molar-refractivity contribution in [1.29, 1.82) is 0 Å². The SMILES string of the molecule is CC=CCCC=CCC(=O)C1OC1C(=O)N(C)C. The Bertz CT molecular complexity index is 358. The van der Waals surface area contributed by atoms with E-state index in [1.807, 2.05) is 25.2 Å². The minimum atomic E-state index is -0.552. The van der Waals surface area contributed by atoms with Crippen LogP contribution in [0.5, 0.6) is 0 Å². The summed E-state index contributed by atoms with van der Waals surface area (Å²) in [7, 11) is 3.32. The minimum Gasteiger partial charge on any atom is -0.351 e. The molecular formula is C14H21NO3. The number of ether oxygens (including phenoxy) is 1. The highest BCUT2D eigenvalue weighted by molar-refractivity contribution is 5.96. The number of amides is 1. The quantitative estimate of drug-likeness (QED) is 0.393. The molecule has 1 amide bonds. The van der Waals surface area contributed by atoms with Gasteiger partial charge in [0.1, 0.15) is 0 Å². The minimum absolute atomic E-state index is 0.0162. The number of hydrogen-bond acceptors (Lipinski definition) is 3. The third-order valence-corrected chi connectivity index (χ3v) is 2.71. The number of unbranched alkanes of at least 4 members (excludes halogenated alkanes) is 1. The third kappa shape index (κ3) is 4.45. The second kappa shape index (κ2) is 7.11. The van der Waals surface area contributed by atoms with Crippen molar-refractivity contribution < 1.29 is 14.3 Å². The van der Waals surface area contributed by atoms with Crippen LogP contribution in [0.2, 0.25) is 0 Å². The van der Waals surface area contributed by atoms with Crippen molar-refractivity contribution in [3.63, 3.8) is 0 Å². The van der Waals surface area contributed by atoms with Crippen LogP contribution in [0.25, 0.3) is 0 Å². The average Bonchev–Trinajstić information content (AvgIpc) is 3.12. The molecule has 0 saturated carbocycles. The lowest BCUT2D eigenvalue weighted by atomic mass is 10.1. The topological polar surface area (TPSA) is 49.9 Å². The summed E-state index contributed by atoms with van der Waals surface area (Å²) < 4.78 is 5.11. The molecule has 2 atom stereocenters. The van der Waals surface area contributed by atoms with Crippen LogP contribution in [0.4, 0.5) is 0 Å². The van der Waals surface area contributed by atoms with Gasteiger partial charge in [0.15, 0.2) is 18.0 Å². The molecule has 0 radical (unpaired) electrons. The van der Waals surface area contributed by atoms with Gasteiger partial charge in [-0.2, -0.15) is 0 Å². The molecule has 0 aliphatic carbocycles. The molecule has 4 nitrogen and oxygen atoms in total. The number of rotatable bonds is 7. The summed E-state index contributed by atoms with van der Waals surface area (Å²) in [5.41, 5.74) is 0. The van der Waals surface area contributed by atoms with Crippen LogP contribution in [-0.4, -0.2) is 42.9 Å². The summed E-state index contributed by atoms with van der Waals surface area (Å²) >= 11 is 0. The fraction of sp³-hybridized carbons (Fsp3) is 0.571. The molecule has 2 unspecified atom stereocenters. The zero-order valence-corrected chi connectivity index (χ0v) is 11.3. The maximum atomic E-state index is 11.7. The predicted molar refractivity (Wildman–Crippen MR) is 70.2 cm³/mol. The fourth-order valence-electron chi connectivity index (χ4n) is 1.59. The zero-order chi connectivity index (χ0) is 13.5. The molecule has 0 aromatic rings. The number of likely N-dealkylation sites (N-methyl/N-ethyl adjacent to an activating group) is 1. The number of allylic oxidation sites excluding steroid dienone is 4. The van der Waals surface area contributed by atoms with Gasteiger partial charge in [0, 0.05) is 20.5 Å². The Morgan fingerprint density at radius 1 is 1.11 bits per heavy atom. The van der Waals surface area contributed by atoms with Crippen molar-refractivity contribution in [3.8, 4) is 0 Å². The van der Waals surface area contributed by atoms with Crippen LogP contribution in [-0.2, 0) is 14.3 Å². The van der Waals surface area contributed by atoms with Gasteiger partial charge in [-0.05, 0) is 19.8 Å². The number of hydrogen-bond donors (Lipinski definition) is 0. The Hall–Kier alpha value is -1.42. The van der Waals surface area contributed by atoms with Crippen molar-refractivity contribution in [2.24, 2.45) is 0 Å². The van der Waals surface area contributed by atoms with E-state index in [-0.39, 0.29) is 11.7 Å². The smallest absolute Gasteiger partial charge is 0.254 e. The lowest BCUT2D eigenvalue weighted by Gasteiger charge is -2.06. The monoisotopic (exact) mass is 251 g/mol. The summed E-state index contributed by atoms with van der Waals surface area (Å²) in [6.07, 6.45) is 9.12. The predicted octanol–water partition coefficient (Wildman–Crippen LogP) is 1.71. The summed E-state index contributed by atoms with van der Waals surface area (Å²) in [6.45, 7) is 1.99. The van der Waals surface area contributed by atoms with E-state index >= 15 is 0 Å². The highest BCUT2D eigenvalue weighted by Gasteiger charge is 2.49. The van der Waals surface area contributed by atoms with Crippen LogP contribution >= 0.6 is 0 Å². The standard InChI is InChI=1S/C14H21NO3/c1-4-5-6-7-8-9-10-11(16)12-13(18-12)14(17)15(2)3/h4-5,8-9,12-13H,6-7,10H2,1-3H3. The van der Waals surface area contributed by atoms with E-state index in [0.29, 0.717) is 6.42 Å². The van der Waals surface area contributed by atoms with Crippen LogP contribution in [0.3, 0.4) is 0 Å². The van der Waals surface area contributed by atoms with Gasteiger partial charge in [-0.15, -0.1) is 0 Å². The Morgan fingerprint density at radius 2 is 1.78 bits per heavy atom. The molecule has 1 saturated heterocycles. The van der Waals surface area contributed by atoms with Gasteiger partial charge in [-0.1, -0.05) is 24.3 Å². The molecule has 0 aromatic heterocycles. The zero-order valence-electron chi connectivity index (χ0n) is 11.3. The first kappa shape index (κ1) is 14.6. The molecule has 1 heterocycles. The fourth-order valence-corrected chi connectivity index (χ4v) is 1.59. The molecular weight excluding hydrogens is 230 g/mol. The van der Waals surface area contributed by atoms with Gasteiger partial charge in [-0.3, -0.25) is 9.59 Å². The van der Waals surface area contributed by atoms with Gasteiger partial charge < -0.3 is 9.64 Å². The lowest BCUT2D eigenvalue weighted by Crippen LogP contribution is -2.29. The molecule has 0 aromatic carbocycles. The number of nitrogens with zero attached hydrogens (tertiary/aromatic N) is 1. The van der Waals surface area contributed by atoms with E-state index in [2.05, 4.69) is 6.08 Å². The van der Waals surface area contributed by atoms with Crippen molar-refractivity contribution in [2.75, 3.05) is 14.1 Å². The van der Waals surface area contributed by atoms with Gasteiger partial charge in [0.25, 0.3) is 5.91 Å². The highest BCUT2D eigenvalue weighted by atomic mass is 16.6. The first-order valence-corrected chi connectivity index (χ1v) is 6.23. The first-order valence-electron chi connectivity index (χ1n) is 6.23. The number of Topliss-reactive ketones (excluding diaryl/α,β-unsaturated/α-hetero) is 1. The first-order chi connectivity index (χ1) is 8.57. The van der Waals surface area contributed by atoms with Gasteiger partial charge in [0.05, 0.1) is 0 Å².